The Bertz CT molecular complexity index is 659. The predicted molar refractivity (Wildman–Crippen MR) is 77.5 cm³/mol. The molecular formula is C14H9Cl2NO3. The fraction of sp³-hybridized carbons (Fsp3) is 0.0714. The molecule has 6 heteroatoms. The lowest BCUT2D eigenvalue weighted by Crippen LogP contribution is -2.10. The second kappa shape index (κ2) is 6.03. The summed E-state index contributed by atoms with van der Waals surface area (Å²) in [5.41, 5.74) is 0.0560. The van der Waals surface area contributed by atoms with E-state index < -0.39 is 16.1 Å². The van der Waals surface area contributed by atoms with Crippen LogP contribution in [-0.2, 0) is 0 Å². The molecule has 0 N–H and O–H groups in total. The van der Waals surface area contributed by atoms with E-state index in [2.05, 4.69) is 0 Å². The van der Waals surface area contributed by atoms with Crippen LogP contribution >= 0.6 is 23.2 Å². The fourth-order valence-electron chi connectivity index (χ4n) is 1.81. The third kappa shape index (κ3) is 2.81. The van der Waals surface area contributed by atoms with Crippen LogP contribution in [0.25, 0.3) is 0 Å². The average molecular weight is 310 g/mol. The topological polar surface area (TPSA) is 60.2 Å². The van der Waals surface area contributed by atoms with Gasteiger partial charge in [-0.15, -0.1) is 11.6 Å². The summed E-state index contributed by atoms with van der Waals surface area (Å²) in [6.45, 7) is 0. The van der Waals surface area contributed by atoms with E-state index >= 15 is 0 Å². The third-order valence-electron chi connectivity index (χ3n) is 2.76. The number of hydrogen-bond acceptors (Lipinski definition) is 3. The molecule has 2 aromatic carbocycles. The normalized spacial score (nSPS) is 11.9. The Balaban J connectivity index is 2.47. The van der Waals surface area contributed by atoms with E-state index in [-0.39, 0.29) is 16.3 Å². The van der Waals surface area contributed by atoms with Crippen molar-refractivity contribution in [2.45, 2.75) is 5.38 Å². The van der Waals surface area contributed by atoms with Crippen LogP contribution in [0.2, 0.25) is 5.02 Å². The molecule has 4 nitrogen and oxygen atoms in total. The third-order valence-corrected chi connectivity index (χ3v) is 3.52. The van der Waals surface area contributed by atoms with Crippen LogP contribution in [-0.4, -0.2) is 10.7 Å². The number of alkyl halides is 1. The standard InChI is InChI=1S/C14H9Cl2NO3/c15-10-7-4-8-11(17(19)20)12(10)14(18)13(16)9-5-2-1-3-6-9/h1-8,13H. The zero-order valence-corrected chi connectivity index (χ0v) is 11.6. The highest BCUT2D eigenvalue weighted by Crippen LogP contribution is 2.33. The van der Waals surface area contributed by atoms with Crippen LogP contribution in [0.1, 0.15) is 21.3 Å². The number of rotatable bonds is 4. The summed E-state index contributed by atoms with van der Waals surface area (Å²) in [6, 6.07) is 12.7. The lowest BCUT2D eigenvalue weighted by Gasteiger charge is -2.10. The monoisotopic (exact) mass is 309 g/mol. The molecule has 0 saturated heterocycles. The van der Waals surface area contributed by atoms with E-state index in [0.717, 1.165) is 0 Å². The number of nitrogens with zero attached hydrogens (tertiary/aromatic N) is 1. The Morgan fingerprint density at radius 1 is 1.10 bits per heavy atom. The summed E-state index contributed by atoms with van der Waals surface area (Å²) in [5.74, 6) is -0.588. The molecule has 0 bridgehead atoms. The Hall–Kier alpha value is -1.91. The number of carbonyl (C=O) groups excluding carboxylic acids is 1. The first-order valence-corrected chi connectivity index (χ1v) is 6.50. The van der Waals surface area contributed by atoms with Crippen molar-refractivity contribution in [2.75, 3.05) is 0 Å². The van der Waals surface area contributed by atoms with Gasteiger partial charge in [-0.05, 0) is 11.6 Å². The van der Waals surface area contributed by atoms with Crippen LogP contribution in [0, 0.1) is 10.1 Å². The summed E-state index contributed by atoms with van der Waals surface area (Å²) >= 11 is 12.0. The van der Waals surface area contributed by atoms with Crippen molar-refractivity contribution in [1.29, 1.82) is 0 Å². The van der Waals surface area contributed by atoms with Gasteiger partial charge in [-0.3, -0.25) is 14.9 Å². The minimum absolute atomic E-state index is 0.0192. The number of ketones is 1. The Morgan fingerprint density at radius 3 is 2.35 bits per heavy atom. The summed E-state index contributed by atoms with van der Waals surface area (Å²) in [4.78, 5) is 22.7. The molecule has 2 aromatic rings. The second-order valence-electron chi connectivity index (χ2n) is 4.03. The van der Waals surface area contributed by atoms with E-state index in [1.165, 1.54) is 18.2 Å². The molecule has 1 unspecified atom stereocenters. The number of hydrogen-bond donors (Lipinski definition) is 0. The number of halogens is 2. The molecular weight excluding hydrogens is 301 g/mol. The Labute approximate surface area is 125 Å². The largest absolute Gasteiger partial charge is 0.292 e. The van der Waals surface area contributed by atoms with Gasteiger partial charge in [-0.2, -0.15) is 0 Å². The first kappa shape index (κ1) is 14.5. The van der Waals surface area contributed by atoms with Gasteiger partial charge in [-0.25, -0.2) is 0 Å². The number of nitro groups is 1. The SMILES string of the molecule is O=C(c1c(Cl)cccc1[N+](=O)[O-])C(Cl)c1ccccc1. The number of Topliss-reactive ketones (excluding diaryl/α,β-unsaturated/α-hetero) is 1. The first-order valence-electron chi connectivity index (χ1n) is 5.68. The molecule has 0 aromatic heterocycles. The van der Waals surface area contributed by atoms with Gasteiger partial charge in [0.1, 0.15) is 10.9 Å². The van der Waals surface area contributed by atoms with Crippen molar-refractivity contribution in [2.24, 2.45) is 0 Å². The van der Waals surface area contributed by atoms with Crippen LogP contribution in [0.5, 0.6) is 0 Å². The Kier molecular flexibility index (Phi) is 4.37. The highest BCUT2D eigenvalue weighted by Gasteiger charge is 2.28. The summed E-state index contributed by atoms with van der Waals surface area (Å²) in [6.07, 6.45) is 0. The van der Waals surface area contributed by atoms with E-state index in [1.54, 1.807) is 30.3 Å². The number of carbonyl (C=O) groups is 1. The quantitative estimate of drug-likeness (QED) is 0.364. The zero-order chi connectivity index (χ0) is 14.7. The van der Waals surface area contributed by atoms with Crippen molar-refractivity contribution >= 4 is 34.7 Å². The molecule has 0 spiro atoms. The number of benzene rings is 2. The first-order chi connectivity index (χ1) is 9.52. The summed E-state index contributed by atoms with van der Waals surface area (Å²) in [5, 5.41) is 9.99. The molecule has 0 amide bonds. The maximum Gasteiger partial charge on any atom is 0.281 e. The maximum absolute atomic E-state index is 12.4. The predicted octanol–water partition coefficient (Wildman–Crippen LogP) is 4.41. The summed E-state index contributed by atoms with van der Waals surface area (Å²) < 4.78 is 0. The van der Waals surface area contributed by atoms with Crippen LogP contribution in [0.15, 0.2) is 48.5 Å². The highest BCUT2D eigenvalue weighted by molar-refractivity contribution is 6.39. The van der Waals surface area contributed by atoms with E-state index in [9.17, 15) is 14.9 Å². The Morgan fingerprint density at radius 2 is 1.75 bits per heavy atom. The van der Waals surface area contributed by atoms with Crippen LogP contribution in [0.4, 0.5) is 5.69 Å². The molecule has 0 aliphatic rings. The van der Waals surface area contributed by atoms with Gasteiger partial charge in [0, 0.05) is 6.07 Å². The van der Waals surface area contributed by atoms with Crippen molar-refractivity contribution in [3.05, 3.63) is 74.8 Å². The van der Waals surface area contributed by atoms with Gasteiger partial charge in [0.15, 0.2) is 5.78 Å². The van der Waals surface area contributed by atoms with E-state index in [4.69, 9.17) is 23.2 Å². The molecule has 0 aliphatic heterocycles. The lowest BCUT2D eigenvalue weighted by molar-refractivity contribution is -0.385. The van der Waals surface area contributed by atoms with Crippen molar-refractivity contribution < 1.29 is 9.72 Å². The molecule has 0 saturated carbocycles. The molecule has 0 fully saturated rings. The highest BCUT2D eigenvalue weighted by atomic mass is 35.5. The second-order valence-corrected chi connectivity index (χ2v) is 4.87. The molecule has 102 valence electrons. The lowest BCUT2D eigenvalue weighted by atomic mass is 10.0. The van der Waals surface area contributed by atoms with Gasteiger partial charge in [0.05, 0.1) is 9.95 Å². The van der Waals surface area contributed by atoms with E-state index in [1.807, 2.05) is 0 Å². The molecule has 20 heavy (non-hydrogen) atoms. The van der Waals surface area contributed by atoms with Gasteiger partial charge >= 0.3 is 0 Å². The van der Waals surface area contributed by atoms with E-state index in [0.29, 0.717) is 5.56 Å². The molecule has 1 atom stereocenters. The molecule has 0 radical (unpaired) electrons. The minimum atomic E-state index is -1.02. The smallest absolute Gasteiger partial charge is 0.281 e. The molecule has 2 rings (SSSR count). The van der Waals surface area contributed by atoms with Crippen LogP contribution in [0.3, 0.4) is 0 Å². The van der Waals surface area contributed by atoms with Crippen molar-refractivity contribution in [1.82, 2.24) is 0 Å². The molecule has 0 heterocycles. The van der Waals surface area contributed by atoms with Gasteiger partial charge < -0.3 is 0 Å². The van der Waals surface area contributed by atoms with Crippen LogP contribution < -0.4 is 0 Å². The number of nitro benzene ring substituents is 1. The van der Waals surface area contributed by atoms with Gasteiger partial charge in [0.2, 0.25) is 0 Å². The maximum atomic E-state index is 12.4. The average Bonchev–Trinajstić information content (AvgIpc) is 2.46. The zero-order valence-electron chi connectivity index (χ0n) is 10.1. The molecule has 0 aliphatic carbocycles. The van der Waals surface area contributed by atoms with Gasteiger partial charge in [-0.1, -0.05) is 48.0 Å². The minimum Gasteiger partial charge on any atom is -0.292 e. The van der Waals surface area contributed by atoms with Crippen molar-refractivity contribution in [3.63, 3.8) is 0 Å². The van der Waals surface area contributed by atoms with Gasteiger partial charge in [0.25, 0.3) is 5.69 Å². The summed E-state index contributed by atoms with van der Waals surface area (Å²) in [7, 11) is 0. The van der Waals surface area contributed by atoms with Crippen molar-refractivity contribution in [3.8, 4) is 0 Å². The fourth-order valence-corrected chi connectivity index (χ4v) is 2.33.